The number of rotatable bonds is 9. The lowest BCUT2D eigenvalue weighted by Gasteiger charge is -2.23. The smallest absolute Gasteiger partial charge is 0.0471 e. The molecule has 2 N–H and O–H groups in total. The van der Waals surface area contributed by atoms with E-state index < -0.39 is 0 Å². The zero-order valence-corrected chi connectivity index (χ0v) is 12.7. The van der Waals surface area contributed by atoms with E-state index in [2.05, 4.69) is 30.3 Å². The highest BCUT2D eigenvalue weighted by atomic mass is 35.5. The summed E-state index contributed by atoms with van der Waals surface area (Å²) < 4.78 is 0. The van der Waals surface area contributed by atoms with Gasteiger partial charge in [0.2, 0.25) is 0 Å². The Bertz CT molecular complexity index is 371. The van der Waals surface area contributed by atoms with Crippen molar-refractivity contribution in [2.45, 2.75) is 32.7 Å². The van der Waals surface area contributed by atoms with Crippen LogP contribution in [0.3, 0.4) is 0 Å². The van der Waals surface area contributed by atoms with Crippen molar-refractivity contribution < 1.29 is 5.11 Å². The van der Waals surface area contributed by atoms with E-state index in [1.807, 2.05) is 12.1 Å². The molecule has 3 nitrogen and oxygen atoms in total. The van der Waals surface area contributed by atoms with E-state index in [0.717, 1.165) is 49.5 Å². The number of aliphatic hydroxyl groups is 1. The number of nitrogens with zero attached hydrogens (tertiary/aromatic N) is 1. The van der Waals surface area contributed by atoms with Crippen molar-refractivity contribution in [1.29, 1.82) is 0 Å². The zero-order chi connectivity index (χ0) is 14.1. The Hall–Kier alpha value is -0.770. The predicted octanol–water partition coefficient (Wildman–Crippen LogP) is 3.05. The van der Waals surface area contributed by atoms with E-state index in [0.29, 0.717) is 0 Å². The molecule has 0 aliphatic carbocycles. The molecule has 4 heteroatoms. The van der Waals surface area contributed by atoms with Gasteiger partial charge in [0.1, 0.15) is 0 Å². The van der Waals surface area contributed by atoms with Gasteiger partial charge < -0.3 is 15.3 Å². The monoisotopic (exact) mass is 284 g/mol. The van der Waals surface area contributed by atoms with Crippen molar-refractivity contribution in [3.05, 3.63) is 28.8 Å². The Balaban J connectivity index is 2.66. The van der Waals surface area contributed by atoms with E-state index >= 15 is 0 Å². The molecular formula is C15H25ClN2O. The number of unbranched alkanes of at least 4 members (excludes halogenated alkanes) is 2. The number of aliphatic hydroxyl groups excluding tert-OH is 1. The van der Waals surface area contributed by atoms with Gasteiger partial charge in [-0.25, -0.2) is 0 Å². The van der Waals surface area contributed by atoms with E-state index in [1.54, 1.807) is 0 Å². The molecule has 0 saturated carbocycles. The van der Waals surface area contributed by atoms with Crippen molar-refractivity contribution >= 4 is 17.3 Å². The van der Waals surface area contributed by atoms with Gasteiger partial charge in [0, 0.05) is 43.0 Å². The van der Waals surface area contributed by atoms with Crippen LogP contribution in [0.5, 0.6) is 0 Å². The van der Waals surface area contributed by atoms with Crippen molar-refractivity contribution in [2.75, 3.05) is 31.6 Å². The van der Waals surface area contributed by atoms with Crippen molar-refractivity contribution in [3.63, 3.8) is 0 Å². The molecule has 1 rings (SSSR count). The largest absolute Gasteiger partial charge is 0.396 e. The summed E-state index contributed by atoms with van der Waals surface area (Å²) in [5.41, 5.74) is 2.35. The van der Waals surface area contributed by atoms with Gasteiger partial charge in [0.15, 0.2) is 0 Å². The molecule has 0 spiro atoms. The second-order valence-corrected chi connectivity index (χ2v) is 5.13. The van der Waals surface area contributed by atoms with Crippen LogP contribution in [0, 0.1) is 0 Å². The third-order valence-corrected chi connectivity index (χ3v) is 3.56. The minimum Gasteiger partial charge on any atom is -0.396 e. The van der Waals surface area contributed by atoms with E-state index in [9.17, 15) is 0 Å². The van der Waals surface area contributed by atoms with E-state index in [1.165, 1.54) is 5.69 Å². The summed E-state index contributed by atoms with van der Waals surface area (Å²) in [5, 5.41) is 12.9. The van der Waals surface area contributed by atoms with Crippen LogP contribution in [0.1, 0.15) is 31.7 Å². The van der Waals surface area contributed by atoms with Gasteiger partial charge in [0.25, 0.3) is 0 Å². The van der Waals surface area contributed by atoms with Crippen LogP contribution < -0.4 is 10.2 Å². The normalized spacial score (nSPS) is 10.7. The Morgan fingerprint density at radius 3 is 2.74 bits per heavy atom. The third-order valence-electron chi connectivity index (χ3n) is 3.21. The molecule has 0 heterocycles. The SMILES string of the molecule is CCNCc1c(Cl)cccc1N(C)CCCCCO. The second-order valence-electron chi connectivity index (χ2n) is 4.72. The highest BCUT2D eigenvalue weighted by Crippen LogP contribution is 2.27. The van der Waals surface area contributed by atoms with Crippen LogP contribution in [0.25, 0.3) is 0 Å². The first kappa shape index (κ1) is 16.3. The third kappa shape index (κ3) is 5.39. The molecule has 0 saturated heterocycles. The maximum Gasteiger partial charge on any atom is 0.0471 e. The number of hydrogen-bond acceptors (Lipinski definition) is 3. The Morgan fingerprint density at radius 1 is 1.26 bits per heavy atom. The van der Waals surface area contributed by atoms with Gasteiger partial charge in [0.05, 0.1) is 0 Å². The standard InChI is InChI=1S/C15H25ClN2O/c1-3-17-12-13-14(16)8-7-9-15(13)18(2)10-5-4-6-11-19/h7-9,17,19H,3-6,10-12H2,1-2H3. The molecule has 0 atom stereocenters. The van der Waals surface area contributed by atoms with Crippen LogP contribution in [-0.4, -0.2) is 31.9 Å². The summed E-state index contributed by atoms with van der Waals surface area (Å²) in [7, 11) is 2.10. The van der Waals surface area contributed by atoms with Crippen LogP contribution >= 0.6 is 11.6 Å². The minimum atomic E-state index is 0.284. The number of benzene rings is 1. The number of anilines is 1. The maximum atomic E-state index is 8.79. The molecule has 1 aromatic carbocycles. The molecule has 0 aliphatic rings. The number of nitrogens with one attached hydrogen (secondary N) is 1. The summed E-state index contributed by atoms with van der Waals surface area (Å²) in [4.78, 5) is 2.25. The summed E-state index contributed by atoms with van der Waals surface area (Å²) in [6.45, 7) is 5.10. The van der Waals surface area contributed by atoms with E-state index in [-0.39, 0.29) is 6.61 Å². The molecular weight excluding hydrogens is 260 g/mol. The average Bonchev–Trinajstić information content (AvgIpc) is 2.42. The fraction of sp³-hybridized carbons (Fsp3) is 0.600. The summed E-state index contributed by atoms with van der Waals surface area (Å²) in [5.74, 6) is 0. The molecule has 108 valence electrons. The van der Waals surface area contributed by atoms with Gasteiger partial charge in [-0.05, 0) is 37.9 Å². The lowest BCUT2D eigenvalue weighted by molar-refractivity contribution is 0.283. The molecule has 0 aromatic heterocycles. The predicted molar refractivity (Wildman–Crippen MR) is 83.0 cm³/mol. The van der Waals surface area contributed by atoms with Crippen LogP contribution in [-0.2, 0) is 6.54 Å². The van der Waals surface area contributed by atoms with Crippen molar-refractivity contribution in [3.8, 4) is 0 Å². The highest BCUT2D eigenvalue weighted by molar-refractivity contribution is 6.31. The lowest BCUT2D eigenvalue weighted by atomic mass is 10.1. The van der Waals surface area contributed by atoms with Gasteiger partial charge in [-0.3, -0.25) is 0 Å². The van der Waals surface area contributed by atoms with E-state index in [4.69, 9.17) is 16.7 Å². The fourth-order valence-electron chi connectivity index (χ4n) is 2.09. The summed E-state index contributed by atoms with van der Waals surface area (Å²) in [6.07, 6.45) is 3.03. The molecule has 0 radical (unpaired) electrons. The second kappa shape index (κ2) is 9.18. The van der Waals surface area contributed by atoms with Gasteiger partial charge in [-0.15, -0.1) is 0 Å². The maximum absolute atomic E-state index is 8.79. The molecule has 1 aromatic rings. The topological polar surface area (TPSA) is 35.5 Å². The minimum absolute atomic E-state index is 0.284. The highest BCUT2D eigenvalue weighted by Gasteiger charge is 2.10. The number of hydrogen-bond donors (Lipinski definition) is 2. The van der Waals surface area contributed by atoms with Crippen LogP contribution in [0.15, 0.2) is 18.2 Å². The quantitative estimate of drug-likeness (QED) is 0.684. The van der Waals surface area contributed by atoms with Gasteiger partial charge >= 0.3 is 0 Å². The summed E-state index contributed by atoms with van der Waals surface area (Å²) in [6, 6.07) is 6.05. The first-order valence-corrected chi connectivity index (χ1v) is 7.38. The molecule has 0 aliphatic heterocycles. The molecule has 0 unspecified atom stereocenters. The fourth-order valence-corrected chi connectivity index (χ4v) is 2.32. The summed E-state index contributed by atoms with van der Waals surface area (Å²) >= 11 is 6.29. The lowest BCUT2D eigenvalue weighted by Crippen LogP contribution is -2.22. The molecule has 0 amide bonds. The molecule has 19 heavy (non-hydrogen) atoms. The van der Waals surface area contributed by atoms with Crippen molar-refractivity contribution in [2.24, 2.45) is 0 Å². The first-order valence-electron chi connectivity index (χ1n) is 7.00. The first-order chi connectivity index (χ1) is 9.20. The van der Waals surface area contributed by atoms with Crippen LogP contribution in [0.2, 0.25) is 5.02 Å². The molecule has 0 bridgehead atoms. The van der Waals surface area contributed by atoms with Crippen LogP contribution in [0.4, 0.5) is 5.69 Å². The van der Waals surface area contributed by atoms with Gasteiger partial charge in [-0.1, -0.05) is 24.6 Å². The average molecular weight is 285 g/mol. The Kier molecular flexibility index (Phi) is 7.87. The molecule has 0 fully saturated rings. The zero-order valence-electron chi connectivity index (χ0n) is 12.0. The Labute approximate surface area is 121 Å². The van der Waals surface area contributed by atoms with Crippen molar-refractivity contribution in [1.82, 2.24) is 5.32 Å². The van der Waals surface area contributed by atoms with Gasteiger partial charge in [-0.2, -0.15) is 0 Å². The number of halogens is 1. The Morgan fingerprint density at radius 2 is 2.05 bits per heavy atom.